The number of carbonyl (C=O) groups is 1. The van der Waals surface area contributed by atoms with Gasteiger partial charge in [0.05, 0.1) is 17.7 Å². The minimum atomic E-state index is -0.289. The number of hydrogen-bond acceptors (Lipinski definition) is 2. The van der Waals surface area contributed by atoms with Crippen LogP contribution in [-0.4, -0.2) is 24.8 Å². The van der Waals surface area contributed by atoms with Gasteiger partial charge in [-0.05, 0) is 50.3 Å². The molecule has 4 nitrogen and oxygen atoms in total. The first-order chi connectivity index (χ1) is 11.6. The zero-order chi connectivity index (χ0) is 17.0. The van der Waals surface area contributed by atoms with Gasteiger partial charge in [0.25, 0.3) is 0 Å². The lowest BCUT2D eigenvalue weighted by Gasteiger charge is -2.39. The molecule has 24 heavy (non-hydrogen) atoms. The van der Waals surface area contributed by atoms with E-state index in [1.165, 1.54) is 6.42 Å². The van der Waals surface area contributed by atoms with Crippen molar-refractivity contribution < 1.29 is 9.53 Å². The van der Waals surface area contributed by atoms with Gasteiger partial charge in [0.2, 0.25) is 0 Å². The highest BCUT2D eigenvalue weighted by Crippen LogP contribution is 2.37. The van der Waals surface area contributed by atoms with Crippen LogP contribution < -0.4 is 10.6 Å². The normalized spacial score (nSPS) is 24.3. The molecule has 1 saturated carbocycles. The fourth-order valence-electron chi connectivity index (χ4n) is 3.96. The van der Waals surface area contributed by atoms with Crippen molar-refractivity contribution in [3.05, 3.63) is 34.9 Å². The Labute approximate surface area is 149 Å². The molecule has 1 aromatic carbocycles. The van der Waals surface area contributed by atoms with Crippen molar-refractivity contribution >= 4 is 17.6 Å². The highest BCUT2D eigenvalue weighted by Gasteiger charge is 2.36. The molecule has 0 spiro atoms. The molecule has 1 aliphatic heterocycles. The van der Waals surface area contributed by atoms with Crippen LogP contribution in [0.5, 0.6) is 0 Å². The fourth-order valence-corrected chi connectivity index (χ4v) is 4.09. The third-order valence-corrected chi connectivity index (χ3v) is 5.59. The number of nitrogens with one attached hydrogen (secondary N) is 2. The lowest BCUT2D eigenvalue weighted by Crippen LogP contribution is -2.54. The van der Waals surface area contributed by atoms with Gasteiger partial charge in [-0.2, -0.15) is 0 Å². The summed E-state index contributed by atoms with van der Waals surface area (Å²) in [7, 11) is 0. The quantitative estimate of drug-likeness (QED) is 0.847. The molecule has 1 saturated heterocycles. The van der Waals surface area contributed by atoms with Crippen LogP contribution in [-0.2, 0) is 10.3 Å². The predicted octanol–water partition coefficient (Wildman–Crippen LogP) is 4.37. The van der Waals surface area contributed by atoms with Crippen LogP contribution >= 0.6 is 11.6 Å². The number of halogens is 1. The first kappa shape index (κ1) is 17.6. The summed E-state index contributed by atoms with van der Waals surface area (Å²) in [5.41, 5.74) is 0.856. The van der Waals surface area contributed by atoms with E-state index in [-0.39, 0.29) is 23.7 Å². The Bertz CT molecular complexity index is 549. The SMILES string of the molecule is C[C@@H](NC(=O)NC1(c2ccc(Cl)cc2)CCCCC1)[C@H]1CCCO1. The predicted molar refractivity (Wildman–Crippen MR) is 96.3 cm³/mol. The van der Waals surface area contributed by atoms with Gasteiger partial charge >= 0.3 is 6.03 Å². The summed E-state index contributed by atoms with van der Waals surface area (Å²) < 4.78 is 5.67. The van der Waals surface area contributed by atoms with Crippen LogP contribution in [0.4, 0.5) is 4.79 Å². The number of hydrogen-bond donors (Lipinski definition) is 2. The smallest absolute Gasteiger partial charge is 0.315 e. The van der Waals surface area contributed by atoms with Crippen molar-refractivity contribution in [3.63, 3.8) is 0 Å². The first-order valence-electron chi connectivity index (χ1n) is 9.05. The van der Waals surface area contributed by atoms with Crippen LogP contribution in [0.25, 0.3) is 0 Å². The van der Waals surface area contributed by atoms with Crippen LogP contribution in [0.15, 0.2) is 24.3 Å². The average Bonchev–Trinajstić information content (AvgIpc) is 3.10. The molecule has 132 valence electrons. The van der Waals surface area contributed by atoms with Crippen molar-refractivity contribution in [2.75, 3.05) is 6.61 Å². The van der Waals surface area contributed by atoms with Gasteiger partial charge in [-0.25, -0.2) is 4.79 Å². The highest BCUT2D eigenvalue weighted by atomic mass is 35.5. The van der Waals surface area contributed by atoms with E-state index >= 15 is 0 Å². The second kappa shape index (κ2) is 7.75. The Morgan fingerprint density at radius 2 is 1.92 bits per heavy atom. The monoisotopic (exact) mass is 350 g/mol. The first-order valence-corrected chi connectivity index (χ1v) is 9.43. The minimum Gasteiger partial charge on any atom is -0.376 e. The Balaban J connectivity index is 1.69. The van der Waals surface area contributed by atoms with Gasteiger partial charge in [-0.1, -0.05) is 43.0 Å². The van der Waals surface area contributed by atoms with Gasteiger partial charge in [0, 0.05) is 11.6 Å². The Hall–Kier alpha value is -1.26. The standard InChI is InChI=1S/C19H27ClN2O2/c1-14(17-6-5-13-24-17)21-18(23)22-19(11-3-2-4-12-19)15-7-9-16(20)10-8-15/h7-10,14,17H,2-6,11-13H2,1H3,(H2,21,22,23)/t14-,17-/m1/s1. The number of benzene rings is 1. The van der Waals surface area contributed by atoms with Crippen molar-refractivity contribution in [2.45, 2.75) is 69.6 Å². The lowest BCUT2D eigenvalue weighted by molar-refractivity contribution is 0.0849. The molecule has 2 amide bonds. The molecule has 0 radical (unpaired) electrons. The number of amides is 2. The topological polar surface area (TPSA) is 50.4 Å². The van der Waals surface area contributed by atoms with E-state index in [0.717, 1.165) is 55.7 Å². The van der Waals surface area contributed by atoms with E-state index in [4.69, 9.17) is 16.3 Å². The maximum Gasteiger partial charge on any atom is 0.315 e. The molecule has 0 unspecified atom stereocenters. The summed E-state index contributed by atoms with van der Waals surface area (Å²) in [6, 6.07) is 7.81. The largest absolute Gasteiger partial charge is 0.376 e. The van der Waals surface area contributed by atoms with Crippen LogP contribution in [0.2, 0.25) is 5.02 Å². The fraction of sp³-hybridized carbons (Fsp3) is 0.632. The average molecular weight is 351 g/mol. The summed E-state index contributed by atoms with van der Waals surface area (Å²) in [6.45, 7) is 2.82. The molecule has 2 fully saturated rings. The van der Waals surface area contributed by atoms with Gasteiger partial charge in [-0.15, -0.1) is 0 Å². The molecule has 3 rings (SSSR count). The number of urea groups is 1. The number of ether oxygens (including phenoxy) is 1. The zero-order valence-corrected chi connectivity index (χ0v) is 15.1. The van der Waals surface area contributed by atoms with Gasteiger partial charge in [0.15, 0.2) is 0 Å². The number of rotatable bonds is 4. The van der Waals surface area contributed by atoms with E-state index < -0.39 is 0 Å². The molecular formula is C19H27ClN2O2. The van der Waals surface area contributed by atoms with E-state index in [1.54, 1.807) is 0 Å². The molecule has 0 bridgehead atoms. The third-order valence-electron chi connectivity index (χ3n) is 5.34. The Morgan fingerprint density at radius 3 is 2.54 bits per heavy atom. The summed E-state index contributed by atoms with van der Waals surface area (Å²) in [5, 5.41) is 7.07. The molecule has 1 aromatic rings. The second-order valence-electron chi connectivity index (χ2n) is 7.09. The van der Waals surface area contributed by atoms with Crippen molar-refractivity contribution in [1.82, 2.24) is 10.6 Å². The Morgan fingerprint density at radius 1 is 1.21 bits per heavy atom. The molecule has 2 atom stereocenters. The summed E-state index contributed by atoms with van der Waals surface area (Å²) in [6.07, 6.45) is 7.65. The summed E-state index contributed by atoms with van der Waals surface area (Å²) in [4.78, 5) is 12.6. The minimum absolute atomic E-state index is 0.0263. The molecule has 1 heterocycles. The van der Waals surface area contributed by atoms with Gasteiger partial charge in [0.1, 0.15) is 0 Å². The molecule has 5 heteroatoms. The lowest BCUT2D eigenvalue weighted by atomic mass is 9.76. The summed E-state index contributed by atoms with van der Waals surface area (Å²) in [5.74, 6) is 0. The third kappa shape index (κ3) is 4.04. The molecule has 2 aliphatic rings. The van der Waals surface area contributed by atoms with E-state index in [2.05, 4.69) is 10.6 Å². The molecule has 1 aliphatic carbocycles. The van der Waals surface area contributed by atoms with Crippen LogP contribution in [0.3, 0.4) is 0 Å². The maximum absolute atomic E-state index is 12.6. The molecule has 2 N–H and O–H groups in total. The van der Waals surface area contributed by atoms with Gasteiger partial charge in [-0.3, -0.25) is 0 Å². The van der Waals surface area contributed by atoms with Crippen LogP contribution in [0, 0.1) is 0 Å². The van der Waals surface area contributed by atoms with Gasteiger partial charge < -0.3 is 15.4 Å². The van der Waals surface area contributed by atoms with Crippen LogP contribution in [0.1, 0.15) is 57.4 Å². The molecule has 0 aromatic heterocycles. The van der Waals surface area contributed by atoms with E-state index in [1.807, 2.05) is 31.2 Å². The maximum atomic E-state index is 12.6. The molecular weight excluding hydrogens is 324 g/mol. The summed E-state index contributed by atoms with van der Waals surface area (Å²) >= 11 is 6.03. The zero-order valence-electron chi connectivity index (χ0n) is 14.3. The van der Waals surface area contributed by atoms with Crippen molar-refractivity contribution in [3.8, 4) is 0 Å². The van der Waals surface area contributed by atoms with Crippen molar-refractivity contribution in [1.29, 1.82) is 0 Å². The van der Waals surface area contributed by atoms with E-state index in [0.29, 0.717) is 0 Å². The second-order valence-corrected chi connectivity index (χ2v) is 7.52. The number of carbonyl (C=O) groups excluding carboxylic acids is 1. The Kier molecular flexibility index (Phi) is 5.67. The van der Waals surface area contributed by atoms with Crippen molar-refractivity contribution in [2.24, 2.45) is 0 Å². The van der Waals surface area contributed by atoms with E-state index in [9.17, 15) is 4.79 Å². The highest BCUT2D eigenvalue weighted by molar-refractivity contribution is 6.30.